The first kappa shape index (κ1) is 19.8. The smallest absolute Gasteiger partial charge is 0.325 e. The van der Waals surface area contributed by atoms with E-state index in [0.29, 0.717) is 6.61 Å². The van der Waals surface area contributed by atoms with Crippen LogP contribution in [0.3, 0.4) is 0 Å². The molecule has 2 aromatic carbocycles. The van der Waals surface area contributed by atoms with E-state index >= 15 is 0 Å². The summed E-state index contributed by atoms with van der Waals surface area (Å²) in [6.45, 7) is 2.25. The lowest BCUT2D eigenvalue weighted by Gasteiger charge is -2.04. The first-order valence-corrected chi connectivity index (χ1v) is 9.66. The molecule has 3 aromatic rings. The van der Waals surface area contributed by atoms with E-state index in [1.54, 1.807) is 13.1 Å². The number of benzene rings is 2. The second-order valence-electron chi connectivity index (χ2n) is 6.13. The summed E-state index contributed by atoms with van der Waals surface area (Å²) in [4.78, 5) is 23.9. The number of halogens is 1. The Balaban J connectivity index is 1.70. The van der Waals surface area contributed by atoms with Crippen LogP contribution in [-0.2, 0) is 27.3 Å². The molecule has 0 aliphatic carbocycles. The van der Waals surface area contributed by atoms with Crippen LogP contribution in [0.4, 0.5) is 0 Å². The van der Waals surface area contributed by atoms with E-state index in [2.05, 4.69) is 26.5 Å². The number of hydrazone groups is 1. The van der Waals surface area contributed by atoms with E-state index < -0.39 is 0 Å². The van der Waals surface area contributed by atoms with Crippen molar-refractivity contribution >= 4 is 44.9 Å². The number of ether oxygens (including phenoxy) is 1. The van der Waals surface area contributed by atoms with Gasteiger partial charge in [0.1, 0.15) is 6.54 Å². The van der Waals surface area contributed by atoms with E-state index in [1.807, 2.05) is 59.3 Å². The molecule has 0 unspecified atom stereocenters. The van der Waals surface area contributed by atoms with Crippen LogP contribution >= 0.6 is 15.9 Å². The van der Waals surface area contributed by atoms with Crippen molar-refractivity contribution in [2.24, 2.45) is 5.10 Å². The highest BCUT2D eigenvalue weighted by Crippen LogP contribution is 2.20. The Morgan fingerprint density at radius 3 is 2.68 bits per heavy atom. The number of hydrogen-bond donors (Lipinski definition) is 1. The number of amides is 1. The average molecular weight is 442 g/mol. The van der Waals surface area contributed by atoms with Crippen molar-refractivity contribution in [2.45, 2.75) is 19.9 Å². The van der Waals surface area contributed by atoms with E-state index in [-0.39, 0.29) is 24.8 Å². The lowest BCUT2D eigenvalue weighted by atomic mass is 10.1. The molecule has 3 rings (SSSR count). The number of hydrogen-bond acceptors (Lipinski definition) is 4. The molecule has 144 valence electrons. The molecule has 7 heteroatoms. The van der Waals surface area contributed by atoms with Crippen molar-refractivity contribution in [2.75, 3.05) is 6.61 Å². The summed E-state index contributed by atoms with van der Waals surface area (Å²) < 4.78 is 7.81. The van der Waals surface area contributed by atoms with Gasteiger partial charge in [-0.05, 0) is 30.7 Å². The van der Waals surface area contributed by atoms with Crippen LogP contribution in [-0.4, -0.2) is 29.3 Å². The van der Waals surface area contributed by atoms with Crippen LogP contribution in [0.2, 0.25) is 0 Å². The van der Waals surface area contributed by atoms with Gasteiger partial charge in [0, 0.05) is 27.1 Å². The molecule has 1 aromatic heterocycles. The van der Waals surface area contributed by atoms with Crippen molar-refractivity contribution < 1.29 is 14.3 Å². The van der Waals surface area contributed by atoms with E-state index in [4.69, 9.17) is 4.74 Å². The van der Waals surface area contributed by atoms with Gasteiger partial charge in [0.2, 0.25) is 5.91 Å². The van der Waals surface area contributed by atoms with Crippen LogP contribution in [0.15, 0.2) is 64.3 Å². The molecule has 0 radical (unpaired) electrons. The lowest BCUT2D eigenvalue weighted by Crippen LogP contribution is -2.19. The highest BCUT2D eigenvalue weighted by Gasteiger charge is 2.10. The Bertz CT molecular complexity index is 1010. The molecule has 0 aliphatic heterocycles. The molecular formula is C21H20BrN3O3. The summed E-state index contributed by atoms with van der Waals surface area (Å²) in [5.74, 6) is -0.497. The van der Waals surface area contributed by atoms with Gasteiger partial charge in [-0.3, -0.25) is 9.59 Å². The van der Waals surface area contributed by atoms with Gasteiger partial charge in [-0.15, -0.1) is 0 Å². The zero-order valence-electron chi connectivity index (χ0n) is 15.4. The maximum atomic E-state index is 12.1. The van der Waals surface area contributed by atoms with E-state index in [0.717, 1.165) is 26.5 Å². The van der Waals surface area contributed by atoms with Gasteiger partial charge >= 0.3 is 5.97 Å². The minimum atomic E-state index is -0.297. The quantitative estimate of drug-likeness (QED) is 0.345. The van der Waals surface area contributed by atoms with Crippen molar-refractivity contribution in [3.05, 3.63) is 70.3 Å². The number of nitrogens with zero attached hydrogens (tertiary/aromatic N) is 2. The van der Waals surface area contributed by atoms with Crippen molar-refractivity contribution in [3.63, 3.8) is 0 Å². The third-order valence-corrected chi connectivity index (χ3v) is 4.62. The third-order valence-electron chi connectivity index (χ3n) is 4.09. The van der Waals surface area contributed by atoms with Gasteiger partial charge in [-0.1, -0.05) is 46.3 Å². The largest absolute Gasteiger partial charge is 0.465 e. The number of esters is 1. The van der Waals surface area contributed by atoms with E-state index in [9.17, 15) is 9.59 Å². The van der Waals surface area contributed by atoms with Gasteiger partial charge < -0.3 is 9.30 Å². The predicted octanol–water partition coefficient (Wildman–Crippen LogP) is 3.66. The second-order valence-corrected chi connectivity index (χ2v) is 7.05. The minimum absolute atomic E-state index is 0.123. The molecule has 6 nitrogen and oxygen atoms in total. The van der Waals surface area contributed by atoms with Crippen LogP contribution in [0.1, 0.15) is 18.1 Å². The number of carbonyl (C=O) groups excluding carboxylic acids is 2. The SMILES string of the molecule is CCOC(=O)Cn1cc(/C=N\NC(=O)Cc2ccc(Br)cc2)c2ccccc21. The minimum Gasteiger partial charge on any atom is -0.465 e. The van der Waals surface area contributed by atoms with Crippen LogP contribution in [0, 0.1) is 0 Å². The summed E-state index contributed by atoms with van der Waals surface area (Å²) in [7, 11) is 0. The maximum Gasteiger partial charge on any atom is 0.325 e. The van der Waals surface area contributed by atoms with Gasteiger partial charge in [0.15, 0.2) is 0 Å². The number of fused-ring (bicyclic) bond motifs is 1. The summed E-state index contributed by atoms with van der Waals surface area (Å²) in [6, 6.07) is 15.3. The zero-order valence-corrected chi connectivity index (χ0v) is 17.0. The van der Waals surface area contributed by atoms with Gasteiger partial charge in [-0.25, -0.2) is 5.43 Å². The molecule has 1 heterocycles. The first-order chi connectivity index (χ1) is 13.6. The number of aromatic nitrogens is 1. The summed E-state index contributed by atoms with van der Waals surface area (Å²) in [5.41, 5.74) is 5.16. The topological polar surface area (TPSA) is 72.7 Å². The molecule has 1 amide bonds. The van der Waals surface area contributed by atoms with Crippen LogP contribution < -0.4 is 5.43 Å². The second kappa shape index (κ2) is 9.32. The number of para-hydroxylation sites is 1. The lowest BCUT2D eigenvalue weighted by molar-refractivity contribution is -0.143. The molecule has 0 spiro atoms. The Morgan fingerprint density at radius 1 is 1.18 bits per heavy atom. The molecular weight excluding hydrogens is 422 g/mol. The Labute approximate surface area is 171 Å². The van der Waals surface area contributed by atoms with Crippen molar-refractivity contribution in [3.8, 4) is 0 Å². The molecule has 0 atom stereocenters. The Hall–Kier alpha value is -2.93. The summed E-state index contributed by atoms with van der Waals surface area (Å²) in [5, 5.41) is 5.01. The molecule has 0 aliphatic rings. The Kier molecular flexibility index (Phi) is 6.60. The van der Waals surface area contributed by atoms with Crippen molar-refractivity contribution in [1.82, 2.24) is 9.99 Å². The molecule has 0 bridgehead atoms. The molecule has 28 heavy (non-hydrogen) atoms. The van der Waals surface area contributed by atoms with Crippen LogP contribution in [0.25, 0.3) is 10.9 Å². The highest BCUT2D eigenvalue weighted by atomic mass is 79.9. The first-order valence-electron chi connectivity index (χ1n) is 8.86. The standard InChI is InChI=1S/C21H20BrN3O3/c1-2-28-21(27)14-25-13-16(18-5-3-4-6-19(18)25)12-23-24-20(26)11-15-7-9-17(22)10-8-15/h3-10,12-13H,2,11,14H2,1H3,(H,24,26)/b23-12-. The summed E-state index contributed by atoms with van der Waals surface area (Å²) >= 11 is 3.37. The zero-order chi connectivity index (χ0) is 19.9. The van der Waals surface area contributed by atoms with E-state index in [1.165, 1.54) is 0 Å². The van der Waals surface area contributed by atoms with Gasteiger partial charge in [-0.2, -0.15) is 5.10 Å². The number of nitrogens with one attached hydrogen (secondary N) is 1. The third kappa shape index (κ3) is 5.07. The molecule has 0 saturated heterocycles. The fraction of sp³-hybridized carbons (Fsp3) is 0.190. The molecule has 0 saturated carbocycles. The van der Waals surface area contributed by atoms with Gasteiger partial charge in [0.05, 0.1) is 19.2 Å². The molecule has 0 fully saturated rings. The Morgan fingerprint density at radius 2 is 1.93 bits per heavy atom. The molecule has 1 N–H and O–H groups in total. The summed E-state index contributed by atoms with van der Waals surface area (Å²) in [6.07, 6.45) is 3.66. The monoisotopic (exact) mass is 441 g/mol. The maximum absolute atomic E-state index is 12.1. The fourth-order valence-electron chi connectivity index (χ4n) is 2.86. The van der Waals surface area contributed by atoms with Crippen molar-refractivity contribution in [1.29, 1.82) is 0 Å². The predicted molar refractivity (Wildman–Crippen MR) is 112 cm³/mol. The van der Waals surface area contributed by atoms with Crippen LogP contribution in [0.5, 0.6) is 0 Å². The number of rotatable bonds is 7. The average Bonchev–Trinajstić information content (AvgIpc) is 3.02. The van der Waals surface area contributed by atoms with Gasteiger partial charge in [0.25, 0.3) is 0 Å². The number of carbonyl (C=O) groups is 2. The highest BCUT2D eigenvalue weighted by molar-refractivity contribution is 9.10. The fourth-order valence-corrected chi connectivity index (χ4v) is 3.12. The normalized spacial score (nSPS) is 11.1.